The molecular weight excluding hydrogens is 254 g/mol. The molecule has 4 heteroatoms. The summed E-state index contributed by atoms with van der Waals surface area (Å²) in [4.78, 5) is 26.3. The van der Waals surface area contributed by atoms with E-state index in [0.29, 0.717) is 6.42 Å². The van der Waals surface area contributed by atoms with Crippen molar-refractivity contribution in [2.24, 2.45) is 5.92 Å². The molecule has 0 bridgehead atoms. The fourth-order valence-corrected chi connectivity index (χ4v) is 2.32. The van der Waals surface area contributed by atoms with Gasteiger partial charge in [-0.25, -0.2) is 0 Å². The summed E-state index contributed by atoms with van der Waals surface area (Å²) < 4.78 is 4.55. The lowest BCUT2D eigenvalue weighted by Crippen LogP contribution is -2.15. The van der Waals surface area contributed by atoms with E-state index < -0.39 is 0 Å². The van der Waals surface area contributed by atoms with E-state index in [-0.39, 0.29) is 30.5 Å². The van der Waals surface area contributed by atoms with Crippen molar-refractivity contribution in [2.75, 3.05) is 7.11 Å². The zero-order valence-electron chi connectivity index (χ0n) is 11.8. The van der Waals surface area contributed by atoms with Crippen LogP contribution < -0.4 is 0 Å². The number of rotatable bonds is 6. The normalized spacial score (nSPS) is 12.3. The minimum absolute atomic E-state index is 0.0979. The molecule has 0 spiro atoms. The first-order valence-corrected chi connectivity index (χ1v) is 6.76. The Morgan fingerprint density at radius 2 is 2.00 bits per heavy atom. The molecule has 0 aliphatic rings. The highest BCUT2D eigenvalue weighted by Crippen LogP contribution is 2.21. The first kappa shape index (κ1) is 14.3. The third-order valence-electron chi connectivity index (χ3n) is 3.55. The Morgan fingerprint density at radius 1 is 1.25 bits per heavy atom. The van der Waals surface area contributed by atoms with Crippen molar-refractivity contribution in [1.29, 1.82) is 0 Å². The second kappa shape index (κ2) is 6.37. The van der Waals surface area contributed by atoms with Gasteiger partial charge in [0.25, 0.3) is 0 Å². The summed E-state index contributed by atoms with van der Waals surface area (Å²) in [6, 6.07) is 8.03. The van der Waals surface area contributed by atoms with E-state index >= 15 is 0 Å². The van der Waals surface area contributed by atoms with Crippen LogP contribution in [-0.4, -0.2) is 23.8 Å². The van der Waals surface area contributed by atoms with Gasteiger partial charge in [-0.05, 0) is 18.1 Å². The zero-order valence-corrected chi connectivity index (χ0v) is 11.8. The van der Waals surface area contributed by atoms with E-state index in [0.717, 1.165) is 16.5 Å². The first-order valence-electron chi connectivity index (χ1n) is 6.76. The predicted octanol–water partition coefficient (Wildman–Crippen LogP) is 2.87. The molecule has 1 N–H and O–H groups in total. The largest absolute Gasteiger partial charge is 0.469 e. The molecule has 20 heavy (non-hydrogen) atoms. The van der Waals surface area contributed by atoms with E-state index in [2.05, 4.69) is 9.72 Å². The number of carbonyl (C=O) groups excluding carboxylic acids is 2. The van der Waals surface area contributed by atoms with Gasteiger partial charge in [0.1, 0.15) is 5.78 Å². The van der Waals surface area contributed by atoms with Crippen molar-refractivity contribution in [3.05, 3.63) is 36.0 Å². The van der Waals surface area contributed by atoms with Crippen LogP contribution in [0.4, 0.5) is 0 Å². The monoisotopic (exact) mass is 273 g/mol. The Bertz CT molecular complexity index is 615. The van der Waals surface area contributed by atoms with E-state index in [1.165, 1.54) is 7.11 Å². The average molecular weight is 273 g/mol. The highest BCUT2D eigenvalue weighted by Gasteiger charge is 2.16. The minimum Gasteiger partial charge on any atom is -0.469 e. The lowest BCUT2D eigenvalue weighted by molar-refractivity contribution is -0.142. The minimum atomic E-state index is -0.336. The van der Waals surface area contributed by atoms with Crippen LogP contribution in [0, 0.1) is 5.92 Å². The van der Waals surface area contributed by atoms with Crippen LogP contribution >= 0.6 is 0 Å². The Morgan fingerprint density at radius 3 is 2.75 bits per heavy atom. The third kappa shape index (κ3) is 3.26. The quantitative estimate of drug-likeness (QED) is 0.823. The van der Waals surface area contributed by atoms with E-state index in [1.54, 1.807) is 0 Å². The van der Waals surface area contributed by atoms with Gasteiger partial charge >= 0.3 is 5.97 Å². The maximum absolute atomic E-state index is 12.0. The lowest BCUT2D eigenvalue weighted by Gasteiger charge is -2.09. The molecule has 0 saturated heterocycles. The number of methoxy groups -OCH3 is 1. The number of Topliss-reactive ketones (excluding diaryl/α,β-unsaturated/α-hetero) is 1. The van der Waals surface area contributed by atoms with E-state index in [4.69, 9.17) is 0 Å². The molecule has 2 rings (SSSR count). The van der Waals surface area contributed by atoms with Crippen LogP contribution in [0.1, 0.15) is 25.3 Å². The number of ketones is 1. The fraction of sp³-hybridized carbons (Fsp3) is 0.375. The number of hydrogen-bond acceptors (Lipinski definition) is 3. The summed E-state index contributed by atoms with van der Waals surface area (Å²) in [6.07, 6.45) is 3.04. The number of ether oxygens (including phenoxy) is 1. The van der Waals surface area contributed by atoms with Gasteiger partial charge in [0.15, 0.2) is 0 Å². The summed E-state index contributed by atoms with van der Waals surface area (Å²) in [7, 11) is 1.34. The number of para-hydroxylation sites is 1. The number of aromatic amines is 1. The fourth-order valence-electron chi connectivity index (χ4n) is 2.32. The van der Waals surface area contributed by atoms with Crippen molar-refractivity contribution in [2.45, 2.75) is 26.2 Å². The zero-order chi connectivity index (χ0) is 14.5. The molecule has 0 aliphatic heterocycles. The third-order valence-corrected chi connectivity index (χ3v) is 3.55. The molecule has 0 unspecified atom stereocenters. The van der Waals surface area contributed by atoms with Crippen molar-refractivity contribution in [3.63, 3.8) is 0 Å². The lowest BCUT2D eigenvalue weighted by atomic mass is 9.94. The molecule has 4 nitrogen and oxygen atoms in total. The Labute approximate surface area is 118 Å². The number of carbonyl (C=O) groups is 2. The summed E-state index contributed by atoms with van der Waals surface area (Å²) in [6.45, 7) is 1.90. The summed E-state index contributed by atoms with van der Waals surface area (Å²) in [5, 5.41) is 1.15. The molecule has 1 aromatic carbocycles. The molecule has 1 atom stereocenters. The van der Waals surface area contributed by atoms with E-state index in [9.17, 15) is 9.59 Å². The SMILES string of the molecule is COC(=O)CCC(=O)[C@@H](C)Cc1c[nH]c2ccccc12. The van der Waals surface area contributed by atoms with Crippen molar-refractivity contribution < 1.29 is 14.3 Å². The molecule has 0 aliphatic carbocycles. The van der Waals surface area contributed by atoms with Crippen LogP contribution in [0.2, 0.25) is 0 Å². The van der Waals surface area contributed by atoms with Crippen molar-refractivity contribution in [3.8, 4) is 0 Å². The van der Waals surface area contributed by atoms with Crippen LogP contribution in [-0.2, 0) is 20.7 Å². The van der Waals surface area contributed by atoms with Gasteiger partial charge in [-0.1, -0.05) is 25.1 Å². The van der Waals surface area contributed by atoms with Gasteiger partial charge in [-0.3, -0.25) is 9.59 Å². The molecule has 1 aromatic heterocycles. The maximum Gasteiger partial charge on any atom is 0.305 e. The first-order chi connectivity index (χ1) is 9.61. The van der Waals surface area contributed by atoms with Gasteiger partial charge in [0.05, 0.1) is 13.5 Å². The molecule has 0 saturated carbocycles. The molecule has 2 aromatic rings. The predicted molar refractivity (Wildman–Crippen MR) is 77.4 cm³/mol. The van der Waals surface area contributed by atoms with Crippen molar-refractivity contribution in [1.82, 2.24) is 4.98 Å². The highest BCUT2D eigenvalue weighted by atomic mass is 16.5. The van der Waals surface area contributed by atoms with Gasteiger partial charge in [0, 0.05) is 29.4 Å². The smallest absolute Gasteiger partial charge is 0.305 e. The average Bonchev–Trinajstić information content (AvgIpc) is 2.87. The molecule has 0 fully saturated rings. The number of esters is 1. The number of aromatic nitrogens is 1. The van der Waals surface area contributed by atoms with Crippen LogP contribution in [0.15, 0.2) is 30.5 Å². The maximum atomic E-state index is 12.0. The summed E-state index contributed by atoms with van der Waals surface area (Å²) in [5.74, 6) is -0.336. The van der Waals surface area contributed by atoms with Crippen LogP contribution in [0.3, 0.4) is 0 Å². The summed E-state index contributed by atoms with van der Waals surface area (Å²) in [5.41, 5.74) is 2.22. The number of fused-ring (bicyclic) bond motifs is 1. The summed E-state index contributed by atoms with van der Waals surface area (Å²) >= 11 is 0. The Hall–Kier alpha value is -2.10. The number of benzene rings is 1. The molecular formula is C16H19NO3. The number of H-pyrrole nitrogens is 1. The van der Waals surface area contributed by atoms with Crippen LogP contribution in [0.5, 0.6) is 0 Å². The van der Waals surface area contributed by atoms with Gasteiger partial charge < -0.3 is 9.72 Å². The molecule has 0 radical (unpaired) electrons. The molecule has 0 amide bonds. The molecule has 1 heterocycles. The number of nitrogens with one attached hydrogen (secondary N) is 1. The van der Waals surface area contributed by atoms with Crippen molar-refractivity contribution >= 4 is 22.7 Å². The van der Waals surface area contributed by atoms with Gasteiger partial charge in [0.2, 0.25) is 0 Å². The van der Waals surface area contributed by atoms with Gasteiger partial charge in [-0.2, -0.15) is 0 Å². The second-order valence-corrected chi connectivity index (χ2v) is 5.01. The van der Waals surface area contributed by atoms with Crippen LogP contribution in [0.25, 0.3) is 10.9 Å². The topological polar surface area (TPSA) is 59.2 Å². The van der Waals surface area contributed by atoms with Gasteiger partial charge in [-0.15, -0.1) is 0 Å². The highest BCUT2D eigenvalue weighted by molar-refractivity contribution is 5.87. The second-order valence-electron chi connectivity index (χ2n) is 5.01. The molecule has 106 valence electrons. The Kier molecular flexibility index (Phi) is 4.56. The van der Waals surface area contributed by atoms with E-state index in [1.807, 2.05) is 37.4 Å². The standard InChI is InChI=1S/C16H19NO3/c1-11(15(18)7-8-16(19)20-2)9-12-10-17-14-6-4-3-5-13(12)14/h3-6,10-11,17H,7-9H2,1-2H3/t11-/m0/s1. The Balaban J connectivity index is 1.98. The number of hydrogen-bond donors (Lipinski definition) is 1.